The van der Waals surface area contributed by atoms with Crippen molar-refractivity contribution in [3.63, 3.8) is 0 Å². The Morgan fingerprint density at radius 1 is 0.800 bits per heavy atom. The molecule has 0 aliphatic heterocycles. The van der Waals surface area contributed by atoms with Crippen molar-refractivity contribution in [1.82, 2.24) is 0 Å². The molecule has 0 aliphatic rings. The predicted molar refractivity (Wildman–Crippen MR) is 37.8 cm³/mol. The van der Waals surface area contributed by atoms with Crippen molar-refractivity contribution in [1.29, 1.82) is 0 Å². The highest BCUT2D eigenvalue weighted by Gasteiger charge is 1.60. The maximum atomic E-state index is 8.37. The third-order valence-corrected chi connectivity index (χ3v) is 1.14. The van der Waals surface area contributed by atoms with Crippen LogP contribution in [0.4, 0.5) is 0 Å². The van der Waals surface area contributed by atoms with Crippen molar-refractivity contribution in [2.24, 2.45) is 0 Å². The van der Waals surface area contributed by atoms with E-state index in [1.165, 1.54) is 0 Å². The molecule has 0 radical (unpaired) electrons. The van der Waals surface area contributed by atoms with Gasteiger partial charge in [0.15, 0.2) is 0 Å². The van der Waals surface area contributed by atoms with Gasteiger partial charge in [-0.25, -0.2) is 24.3 Å². The maximum Gasteiger partial charge on any atom is -0.00569 e. The molecule has 1 rings (SSSR count). The highest BCUT2D eigenvalue weighted by Crippen LogP contribution is 1.67. The zero-order chi connectivity index (χ0) is 7.40. The molecule has 0 saturated heterocycles. The number of hydrogen-bond donors (Lipinski definition) is 2. The molecule has 0 amide bonds. The van der Waals surface area contributed by atoms with Crippen LogP contribution in [0, 0.1) is 0 Å². The third kappa shape index (κ3) is 1.29. The molecule has 0 atom stereocenters. The van der Waals surface area contributed by atoms with Crippen LogP contribution in [0.15, 0.2) is 24.3 Å². The highest BCUT2D eigenvalue weighted by atomic mass is 16.2. The summed E-state index contributed by atoms with van der Waals surface area (Å²) >= 11 is 0. The minimum atomic E-state index is 0.582. The van der Waals surface area contributed by atoms with Gasteiger partial charge in [-0.2, -0.15) is 10.4 Å². The first-order valence-electron chi connectivity index (χ1n) is 2.77. The normalized spacial score (nSPS) is 8.80. The Hall–Kier alpha value is -1.44. The molecule has 2 N–H and O–H groups in total. The number of benzene rings is 1. The zero-order valence-electron chi connectivity index (χ0n) is 5.20. The molecule has 0 aliphatic carbocycles. The SMILES string of the molecule is O[C-]=c1ccc(=[C-]O)cc1. The molecular weight excluding hydrogens is 128 g/mol. The second kappa shape index (κ2) is 2.92. The van der Waals surface area contributed by atoms with E-state index in [1.807, 2.05) is 12.5 Å². The Morgan fingerprint density at radius 3 is 1.30 bits per heavy atom. The van der Waals surface area contributed by atoms with Crippen LogP contribution in [0.5, 0.6) is 0 Å². The molecule has 52 valence electrons. The van der Waals surface area contributed by atoms with E-state index in [0.717, 1.165) is 0 Å². The summed E-state index contributed by atoms with van der Waals surface area (Å²) in [7, 11) is 0. The maximum absolute atomic E-state index is 8.37. The topological polar surface area (TPSA) is 40.5 Å². The molecule has 0 heterocycles. The Labute approximate surface area is 58.4 Å². The highest BCUT2D eigenvalue weighted by molar-refractivity contribution is 5.20. The minimum Gasteiger partial charge on any atom is -0.574 e. The second-order valence-corrected chi connectivity index (χ2v) is 1.80. The van der Waals surface area contributed by atoms with E-state index in [4.69, 9.17) is 10.2 Å². The molecule has 2 nitrogen and oxygen atoms in total. The van der Waals surface area contributed by atoms with Crippen LogP contribution in [0.2, 0.25) is 0 Å². The Morgan fingerprint density at radius 2 is 1.10 bits per heavy atom. The van der Waals surface area contributed by atoms with Crippen LogP contribution in [0.3, 0.4) is 0 Å². The lowest BCUT2D eigenvalue weighted by Crippen LogP contribution is -2.06. The molecule has 0 bridgehead atoms. The summed E-state index contributed by atoms with van der Waals surface area (Å²) < 4.78 is 0. The predicted octanol–water partition coefficient (Wildman–Crippen LogP) is 0.0326. The van der Waals surface area contributed by atoms with Gasteiger partial charge in [0.2, 0.25) is 0 Å². The molecule has 0 unspecified atom stereocenters. The Balaban J connectivity index is 3.28. The monoisotopic (exact) mass is 134 g/mol. The fraction of sp³-hybridized carbons (Fsp3) is 0. The lowest BCUT2D eigenvalue weighted by Gasteiger charge is -1.98. The van der Waals surface area contributed by atoms with E-state index in [0.29, 0.717) is 10.4 Å². The smallest absolute Gasteiger partial charge is 0.00569 e. The number of rotatable bonds is 0. The van der Waals surface area contributed by atoms with Gasteiger partial charge in [-0.3, -0.25) is 0 Å². The average Bonchev–Trinajstić information content (AvgIpc) is 2.05. The van der Waals surface area contributed by atoms with Gasteiger partial charge < -0.3 is 10.2 Å². The van der Waals surface area contributed by atoms with Crippen molar-refractivity contribution in [3.8, 4) is 0 Å². The lowest BCUT2D eigenvalue weighted by molar-refractivity contribution is 0.538. The summed E-state index contributed by atoms with van der Waals surface area (Å²) in [6.07, 6.45) is 3.94. The van der Waals surface area contributed by atoms with Crippen LogP contribution >= 0.6 is 0 Å². The molecule has 0 spiro atoms. The largest absolute Gasteiger partial charge is 0.574 e. The molecule has 0 fully saturated rings. The Kier molecular flexibility index (Phi) is 1.95. The van der Waals surface area contributed by atoms with Gasteiger partial charge in [0, 0.05) is 0 Å². The van der Waals surface area contributed by atoms with Gasteiger partial charge in [0.05, 0.1) is 0 Å². The minimum absolute atomic E-state index is 0.582. The third-order valence-electron chi connectivity index (χ3n) is 1.14. The molecule has 0 saturated carbocycles. The molecule has 2 heteroatoms. The summed E-state index contributed by atoms with van der Waals surface area (Å²) in [5.41, 5.74) is 0. The van der Waals surface area contributed by atoms with Gasteiger partial charge in [0.25, 0.3) is 0 Å². The van der Waals surface area contributed by atoms with Crippen molar-refractivity contribution < 1.29 is 10.2 Å². The quantitative estimate of drug-likeness (QED) is 0.491. The number of hydrogen-bond acceptors (Lipinski definition) is 2. The second-order valence-electron chi connectivity index (χ2n) is 1.80. The van der Waals surface area contributed by atoms with Crippen molar-refractivity contribution in [2.75, 3.05) is 0 Å². The van der Waals surface area contributed by atoms with Crippen LogP contribution in [0.25, 0.3) is 12.5 Å². The van der Waals surface area contributed by atoms with Gasteiger partial charge in [-0.15, -0.1) is 0 Å². The fourth-order valence-electron chi connectivity index (χ4n) is 0.619. The standard InChI is InChI=1S/C8H6O2/c9-5-7-1-2-8(6-10)4-3-7/h1-4,9-10H/q-2. The van der Waals surface area contributed by atoms with Crippen LogP contribution in [0.1, 0.15) is 0 Å². The molecule has 0 aromatic heterocycles. The van der Waals surface area contributed by atoms with Gasteiger partial charge in [0.1, 0.15) is 0 Å². The zero-order valence-corrected chi connectivity index (χ0v) is 5.20. The van der Waals surface area contributed by atoms with Gasteiger partial charge in [-0.05, 0) is 12.5 Å². The van der Waals surface area contributed by atoms with E-state index in [9.17, 15) is 0 Å². The summed E-state index contributed by atoms with van der Waals surface area (Å²) in [5.74, 6) is 0. The van der Waals surface area contributed by atoms with Crippen molar-refractivity contribution >= 4 is 12.5 Å². The lowest BCUT2D eigenvalue weighted by atomic mass is 10.3. The van der Waals surface area contributed by atoms with E-state index < -0.39 is 0 Å². The van der Waals surface area contributed by atoms with E-state index in [2.05, 4.69) is 0 Å². The first-order chi connectivity index (χ1) is 4.86. The fourth-order valence-corrected chi connectivity index (χ4v) is 0.619. The molecule has 10 heavy (non-hydrogen) atoms. The first kappa shape index (κ1) is 6.68. The van der Waals surface area contributed by atoms with Gasteiger partial charge in [-0.1, -0.05) is 0 Å². The molecular formula is C8H6O2-2. The van der Waals surface area contributed by atoms with Crippen LogP contribution in [-0.4, -0.2) is 10.2 Å². The first-order valence-corrected chi connectivity index (χ1v) is 2.77. The molecule has 1 aromatic carbocycles. The number of aliphatic hydroxyl groups is 2. The van der Waals surface area contributed by atoms with Crippen molar-refractivity contribution in [2.45, 2.75) is 0 Å². The van der Waals surface area contributed by atoms with E-state index in [1.54, 1.807) is 24.3 Å². The summed E-state index contributed by atoms with van der Waals surface area (Å²) in [5, 5.41) is 17.9. The van der Waals surface area contributed by atoms with E-state index >= 15 is 0 Å². The van der Waals surface area contributed by atoms with Crippen molar-refractivity contribution in [3.05, 3.63) is 34.7 Å². The summed E-state index contributed by atoms with van der Waals surface area (Å²) in [4.78, 5) is 0. The van der Waals surface area contributed by atoms with Gasteiger partial charge >= 0.3 is 0 Å². The summed E-state index contributed by atoms with van der Waals surface area (Å²) in [6, 6.07) is 6.49. The van der Waals surface area contributed by atoms with Crippen LogP contribution in [-0.2, 0) is 0 Å². The van der Waals surface area contributed by atoms with E-state index in [-0.39, 0.29) is 0 Å². The van der Waals surface area contributed by atoms with Crippen LogP contribution < -0.4 is 10.4 Å². The molecule has 1 aromatic rings. The average molecular weight is 134 g/mol. The summed E-state index contributed by atoms with van der Waals surface area (Å²) in [6.45, 7) is 0. The number of aliphatic hydroxyl groups excluding tert-OH is 2. The Bertz CT molecular complexity index is 258.